The number of methoxy groups -OCH3 is 10. The first-order chi connectivity index (χ1) is 35.3. The summed E-state index contributed by atoms with van der Waals surface area (Å²) in [4.78, 5) is 25.8. The van der Waals surface area contributed by atoms with Crippen molar-refractivity contribution in [2.45, 2.75) is 82.7 Å². The van der Waals surface area contributed by atoms with E-state index >= 15 is 0 Å². The van der Waals surface area contributed by atoms with Gasteiger partial charge in [0.2, 0.25) is 11.5 Å². The number of fused-ring (bicyclic) bond motifs is 2. The van der Waals surface area contributed by atoms with Crippen LogP contribution in [0.25, 0.3) is 0 Å². The van der Waals surface area contributed by atoms with Gasteiger partial charge in [0.15, 0.2) is 46.0 Å². The van der Waals surface area contributed by atoms with E-state index in [-0.39, 0.29) is 24.0 Å². The number of likely N-dealkylation sites (N-methyl/N-ethyl adjacent to an activating group) is 2. The summed E-state index contributed by atoms with van der Waals surface area (Å²) >= 11 is 0. The summed E-state index contributed by atoms with van der Waals surface area (Å²) in [6.45, 7) is 3.98. The van der Waals surface area contributed by atoms with Gasteiger partial charge >= 0.3 is 11.9 Å². The Morgan fingerprint density at radius 3 is 1.30 bits per heavy atom. The third-order valence-corrected chi connectivity index (χ3v) is 14.9. The van der Waals surface area contributed by atoms with E-state index in [1.54, 1.807) is 71.1 Å². The van der Waals surface area contributed by atoms with Gasteiger partial charge in [-0.3, -0.25) is 9.59 Å². The van der Waals surface area contributed by atoms with Crippen LogP contribution >= 0.6 is 0 Å². The summed E-state index contributed by atoms with van der Waals surface area (Å²) in [5.74, 6) is 5.81. The highest BCUT2D eigenvalue weighted by Gasteiger charge is 2.43. The third kappa shape index (κ3) is 13.1. The van der Waals surface area contributed by atoms with Crippen molar-refractivity contribution in [2.75, 3.05) is 125 Å². The molecule has 0 aromatic heterocycles. The second-order valence-corrected chi connectivity index (χ2v) is 19.3. The number of benzene rings is 4. The van der Waals surface area contributed by atoms with Crippen LogP contribution in [0.5, 0.6) is 57.5 Å². The molecule has 0 radical (unpaired) electrons. The Hall–Kier alpha value is -6.26. The molecule has 16 heteroatoms. The van der Waals surface area contributed by atoms with Gasteiger partial charge in [-0.15, -0.1) is 0 Å². The second-order valence-electron chi connectivity index (χ2n) is 19.3. The van der Waals surface area contributed by atoms with Gasteiger partial charge in [-0.2, -0.15) is 0 Å². The number of carbonyl (C=O) groups is 2. The van der Waals surface area contributed by atoms with Crippen LogP contribution in [-0.2, 0) is 38.3 Å². The molecular formula is C57H80N2O14+2. The number of quaternary nitrogens is 2. The van der Waals surface area contributed by atoms with Crippen LogP contribution < -0.4 is 47.4 Å². The smallest absolute Gasteiger partial charge is 0.305 e. The minimum Gasteiger partial charge on any atom is -0.493 e. The zero-order valence-corrected chi connectivity index (χ0v) is 45.4. The van der Waals surface area contributed by atoms with Gasteiger partial charge in [-0.25, -0.2) is 0 Å². The zero-order chi connectivity index (χ0) is 52.7. The minimum absolute atomic E-state index is 0.0630. The average Bonchev–Trinajstić information content (AvgIpc) is 3.41. The van der Waals surface area contributed by atoms with Crippen molar-refractivity contribution in [2.24, 2.45) is 0 Å². The average molecular weight is 1020 g/mol. The lowest BCUT2D eigenvalue weighted by molar-refractivity contribution is -0.941. The highest BCUT2D eigenvalue weighted by molar-refractivity contribution is 5.69. The molecule has 0 saturated heterocycles. The summed E-state index contributed by atoms with van der Waals surface area (Å²) in [7, 11) is 20.8. The molecular weight excluding hydrogens is 937 g/mol. The van der Waals surface area contributed by atoms with Crippen molar-refractivity contribution in [3.05, 3.63) is 81.9 Å². The summed E-state index contributed by atoms with van der Waals surface area (Å²) in [5.41, 5.74) is 6.81. The number of unbranched alkanes of at least 4 members (excludes halogenated alkanes) is 3. The van der Waals surface area contributed by atoms with Crippen LogP contribution in [0, 0.1) is 0 Å². The van der Waals surface area contributed by atoms with Crippen LogP contribution in [0.3, 0.4) is 0 Å². The predicted octanol–water partition coefficient (Wildman–Crippen LogP) is 9.06. The van der Waals surface area contributed by atoms with E-state index in [0.717, 1.165) is 73.0 Å². The van der Waals surface area contributed by atoms with Crippen molar-refractivity contribution in [1.82, 2.24) is 0 Å². The molecule has 0 amide bonds. The van der Waals surface area contributed by atoms with Gasteiger partial charge in [-0.05, 0) is 78.1 Å². The Bertz CT molecular complexity index is 2450. The Morgan fingerprint density at radius 2 is 0.849 bits per heavy atom. The van der Waals surface area contributed by atoms with Crippen molar-refractivity contribution >= 4 is 11.9 Å². The van der Waals surface area contributed by atoms with Gasteiger partial charge < -0.3 is 65.8 Å². The van der Waals surface area contributed by atoms with Gasteiger partial charge in [0.05, 0.1) is 125 Å². The molecule has 0 saturated carbocycles. The lowest BCUT2D eigenvalue weighted by Crippen LogP contribution is -2.52. The zero-order valence-electron chi connectivity index (χ0n) is 45.4. The molecule has 0 N–H and O–H groups in total. The molecule has 0 aliphatic carbocycles. The molecule has 0 spiro atoms. The fourth-order valence-electron chi connectivity index (χ4n) is 11.0. The number of ether oxygens (including phenoxy) is 12. The van der Waals surface area contributed by atoms with E-state index in [4.69, 9.17) is 56.8 Å². The van der Waals surface area contributed by atoms with Crippen molar-refractivity contribution in [3.8, 4) is 57.5 Å². The summed E-state index contributed by atoms with van der Waals surface area (Å²) < 4.78 is 70.0. The Balaban J connectivity index is 0.955. The third-order valence-electron chi connectivity index (χ3n) is 14.9. The van der Waals surface area contributed by atoms with Gasteiger partial charge in [-0.1, -0.05) is 12.8 Å². The maximum atomic E-state index is 12.9. The number of hydrogen-bond donors (Lipinski definition) is 0. The SMILES string of the molecule is COc1cc2c(cc1OC)[C@H](c1cc(OC)c(OC)c(OC)c1)[N@@+](C)(CCCOC(=O)CCCCCCC(=O)OCCC[N@+]1(C)CCc3cc(OC)c(OC)cc3[C@H]1Cc1cc(OC)c(OC)c(OC)c1)CC2. The number of nitrogens with zero attached hydrogens (tertiary/aromatic N) is 2. The molecule has 2 aliphatic heterocycles. The van der Waals surface area contributed by atoms with E-state index in [1.165, 1.54) is 16.7 Å². The molecule has 400 valence electrons. The molecule has 0 bridgehead atoms. The van der Waals surface area contributed by atoms with E-state index in [2.05, 4.69) is 38.4 Å². The quantitative estimate of drug-likeness (QED) is 0.0303. The molecule has 4 aromatic rings. The molecule has 2 heterocycles. The van der Waals surface area contributed by atoms with Gasteiger partial charge in [0.25, 0.3) is 0 Å². The standard InChI is InChI=1S/C57H80N2O14/c1-58(25-21-39-32-45(62-3)47(64-5)36-42(39)44(58)29-38-30-49(66-7)56(70-11)50(31-38)67-8)23-17-27-72-53(60)19-15-13-14-16-20-54(61)73-28-18-24-59(2)26-22-40-33-46(63-4)48(65-6)37-43(40)55(59)41-34-51(68-9)57(71-12)52(35-41)69-10/h30-37,44,55H,13-29H2,1-12H3/q+2/t44-,55+,58-,59+/m1/s1. The maximum absolute atomic E-state index is 12.9. The fourth-order valence-corrected chi connectivity index (χ4v) is 11.0. The Kier molecular flexibility index (Phi) is 20.0. The first-order valence-corrected chi connectivity index (χ1v) is 25.4. The molecule has 0 fully saturated rings. The molecule has 2 aliphatic rings. The molecule has 16 nitrogen and oxygen atoms in total. The van der Waals surface area contributed by atoms with Crippen molar-refractivity contribution < 1.29 is 75.4 Å². The molecule has 4 aromatic carbocycles. The molecule has 4 atom stereocenters. The van der Waals surface area contributed by atoms with Crippen LogP contribution in [0.1, 0.15) is 96.8 Å². The van der Waals surface area contributed by atoms with Crippen molar-refractivity contribution in [1.29, 1.82) is 0 Å². The molecule has 6 rings (SSSR count). The van der Waals surface area contributed by atoms with E-state index < -0.39 is 0 Å². The monoisotopic (exact) mass is 1020 g/mol. The first-order valence-electron chi connectivity index (χ1n) is 25.4. The highest BCUT2D eigenvalue weighted by atomic mass is 16.6. The summed E-state index contributed by atoms with van der Waals surface area (Å²) in [5, 5.41) is 0. The van der Waals surface area contributed by atoms with Crippen LogP contribution in [0.15, 0.2) is 48.5 Å². The number of esters is 2. The lowest BCUT2D eigenvalue weighted by atomic mass is 9.85. The van der Waals surface area contributed by atoms with Gasteiger partial charge in [0, 0.05) is 61.6 Å². The van der Waals surface area contributed by atoms with E-state index in [9.17, 15) is 9.59 Å². The van der Waals surface area contributed by atoms with E-state index in [1.807, 2.05) is 24.3 Å². The van der Waals surface area contributed by atoms with Crippen molar-refractivity contribution in [3.63, 3.8) is 0 Å². The maximum Gasteiger partial charge on any atom is 0.305 e. The first kappa shape index (κ1) is 56.0. The molecule has 0 unspecified atom stereocenters. The topological polar surface area (TPSA) is 145 Å². The lowest BCUT2D eigenvalue weighted by Gasteiger charge is -2.46. The fraction of sp³-hybridized carbons (Fsp3) is 0.544. The van der Waals surface area contributed by atoms with E-state index in [0.29, 0.717) is 120 Å². The summed E-state index contributed by atoms with van der Waals surface area (Å²) in [6, 6.07) is 16.4. The Labute approximate surface area is 432 Å². The molecule has 73 heavy (non-hydrogen) atoms. The van der Waals surface area contributed by atoms with Gasteiger partial charge in [0.1, 0.15) is 12.1 Å². The van der Waals surface area contributed by atoms with Crippen LogP contribution in [0.4, 0.5) is 0 Å². The normalized spacial score (nSPS) is 18.8. The minimum atomic E-state index is -0.206. The predicted molar refractivity (Wildman–Crippen MR) is 278 cm³/mol. The second kappa shape index (κ2) is 26.1. The highest BCUT2D eigenvalue weighted by Crippen LogP contribution is 2.49. The Morgan fingerprint density at radius 1 is 0.452 bits per heavy atom. The number of carbonyl (C=O) groups excluding carboxylic acids is 2. The van der Waals surface area contributed by atoms with Crippen LogP contribution in [-0.4, -0.2) is 145 Å². The number of rotatable bonds is 28. The van der Waals surface area contributed by atoms with Crippen LogP contribution in [0.2, 0.25) is 0 Å². The number of hydrogen-bond acceptors (Lipinski definition) is 14. The largest absolute Gasteiger partial charge is 0.493 e. The summed E-state index contributed by atoms with van der Waals surface area (Å²) in [6.07, 6.45) is 7.53.